The zero-order valence-electron chi connectivity index (χ0n) is 10.4. The standard InChI is InChI=1S/C13H27N/c1-5-12(6-2)10-13-8-7-9-14(13)11(3)4/h11-13H,5-10H2,1-4H3. The molecule has 1 saturated heterocycles. The van der Waals surface area contributed by atoms with E-state index in [-0.39, 0.29) is 0 Å². The van der Waals surface area contributed by atoms with Crippen molar-refractivity contribution in [1.82, 2.24) is 4.90 Å². The van der Waals surface area contributed by atoms with Crippen molar-refractivity contribution in [3.63, 3.8) is 0 Å². The molecule has 0 aromatic rings. The van der Waals surface area contributed by atoms with Gasteiger partial charge in [-0.25, -0.2) is 0 Å². The number of hydrogen-bond donors (Lipinski definition) is 0. The van der Waals surface area contributed by atoms with Crippen LogP contribution in [0.25, 0.3) is 0 Å². The normalized spacial score (nSPS) is 24.0. The summed E-state index contributed by atoms with van der Waals surface area (Å²) in [6.07, 6.45) is 7.01. The Morgan fingerprint density at radius 3 is 2.36 bits per heavy atom. The van der Waals surface area contributed by atoms with Crippen molar-refractivity contribution in [1.29, 1.82) is 0 Å². The second kappa shape index (κ2) is 5.75. The Balaban J connectivity index is 2.42. The quantitative estimate of drug-likeness (QED) is 0.650. The van der Waals surface area contributed by atoms with Crippen LogP contribution in [0.1, 0.15) is 59.8 Å². The van der Waals surface area contributed by atoms with E-state index in [4.69, 9.17) is 0 Å². The SMILES string of the molecule is CCC(CC)CC1CCCN1C(C)C. The monoisotopic (exact) mass is 197 g/mol. The second-order valence-electron chi connectivity index (χ2n) is 5.05. The van der Waals surface area contributed by atoms with Gasteiger partial charge in [0.2, 0.25) is 0 Å². The van der Waals surface area contributed by atoms with Gasteiger partial charge in [-0.2, -0.15) is 0 Å². The lowest BCUT2D eigenvalue weighted by atomic mass is 9.93. The van der Waals surface area contributed by atoms with Crippen LogP contribution in [0.3, 0.4) is 0 Å². The van der Waals surface area contributed by atoms with Crippen LogP contribution in [0, 0.1) is 5.92 Å². The van der Waals surface area contributed by atoms with Gasteiger partial charge in [-0.1, -0.05) is 26.7 Å². The Hall–Kier alpha value is -0.0400. The van der Waals surface area contributed by atoms with Crippen LogP contribution in [0.2, 0.25) is 0 Å². The number of nitrogens with zero attached hydrogens (tertiary/aromatic N) is 1. The van der Waals surface area contributed by atoms with Crippen LogP contribution in [-0.2, 0) is 0 Å². The molecule has 0 spiro atoms. The first kappa shape index (κ1) is 12.0. The molecule has 0 aromatic carbocycles. The first-order valence-electron chi connectivity index (χ1n) is 6.44. The molecule has 0 amide bonds. The third-order valence-corrected chi connectivity index (χ3v) is 3.85. The summed E-state index contributed by atoms with van der Waals surface area (Å²) in [5.74, 6) is 0.958. The van der Waals surface area contributed by atoms with E-state index >= 15 is 0 Å². The van der Waals surface area contributed by atoms with Gasteiger partial charge >= 0.3 is 0 Å². The van der Waals surface area contributed by atoms with E-state index in [1.54, 1.807) is 0 Å². The number of hydrogen-bond acceptors (Lipinski definition) is 1. The van der Waals surface area contributed by atoms with Gasteiger partial charge in [0, 0.05) is 12.1 Å². The van der Waals surface area contributed by atoms with Crippen LogP contribution >= 0.6 is 0 Å². The minimum atomic E-state index is 0.747. The molecular formula is C13H27N. The molecule has 0 saturated carbocycles. The third kappa shape index (κ3) is 2.98. The Labute approximate surface area is 89.9 Å². The summed E-state index contributed by atoms with van der Waals surface area (Å²) in [6, 6.07) is 1.64. The predicted molar refractivity (Wildman–Crippen MR) is 63.6 cm³/mol. The molecule has 84 valence electrons. The lowest BCUT2D eigenvalue weighted by Gasteiger charge is -2.30. The smallest absolute Gasteiger partial charge is 0.0101 e. The maximum atomic E-state index is 2.71. The van der Waals surface area contributed by atoms with Gasteiger partial charge in [0.05, 0.1) is 0 Å². The highest BCUT2D eigenvalue weighted by Gasteiger charge is 2.27. The highest BCUT2D eigenvalue weighted by Crippen LogP contribution is 2.27. The fourth-order valence-electron chi connectivity index (χ4n) is 2.80. The Morgan fingerprint density at radius 1 is 1.21 bits per heavy atom. The van der Waals surface area contributed by atoms with Crippen molar-refractivity contribution < 1.29 is 0 Å². The molecule has 1 heterocycles. The molecule has 0 aromatic heterocycles. The van der Waals surface area contributed by atoms with Gasteiger partial charge in [-0.3, -0.25) is 4.90 Å². The maximum absolute atomic E-state index is 2.71. The molecule has 1 aliphatic heterocycles. The van der Waals surface area contributed by atoms with Crippen molar-refractivity contribution in [2.75, 3.05) is 6.54 Å². The van der Waals surface area contributed by atoms with E-state index < -0.39 is 0 Å². The Bertz CT molecular complexity index is 149. The van der Waals surface area contributed by atoms with Gasteiger partial charge in [0.15, 0.2) is 0 Å². The third-order valence-electron chi connectivity index (χ3n) is 3.85. The van der Waals surface area contributed by atoms with E-state index in [1.807, 2.05) is 0 Å². The van der Waals surface area contributed by atoms with E-state index in [0.717, 1.165) is 18.0 Å². The van der Waals surface area contributed by atoms with E-state index in [0.29, 0.717) is 0 Å². The predicted octanol–water partition coefficient (Wildman–Crippen LogP) is 3.69. The summed E-state index contributed by atoms with van der Waals surface area (Å²) in [7, 11) is 0. The van der Waals surface area contributed by atoms with E-state index in [2.05, 4.69) is 32.6 Å². The number of rotatable bonds is 5. The number of likely N-dealkylation sites (tertiary alicyclic amines) is 1. The largest absolute Gasteiger partial charge is 0.298 e. The second-order valence-corrected chi connectivity index (χ2v) is 5.05. The fourth-order valence-corrected chi connectivity index (χ4v) is 2.80. The summed E-state index contributed by atoms with van der Waals surface area (Å²) in [5, 5.41) is 0. The Kier molecular flexibility index (Phi) is 4.94. The molecule has 1 rings (SSSR count). The summed E-state index contributed by atoms with van der Waals surface area (Å²) in [4.78, 5) is 2.71. The first-order chi connectivity index (χ1) is 6.69. The van der Waals surface area contributed by atoms with Gasteiger partial charge < -0.3 is 0 Å². The van der Waals surface area contributed by atoms with Gasteiger partial charge in [0.1, 0.15) is 0 Å². The van der Waals surface area contributed by atoms with Crippen LogP contribution in [0.15, 0.2) is 0 Å². The molecule has 1 aliphatic rings. The van der Waals surface area contributed by atoms with Gasteiger partial charge in [-0.05, 0) is 45.6 Å². The molecule has 0 bridgehead atoms. The highest BCUT2D eigenvalue weighted by molar-refractivity contribution is 4.82. The van der Waals surface area contributed by atoms with Crippen molar-refractivity contribution in [2.24, 2.45) is 5.92 Å². The van der Waals surface area contributed by atoms with E-state index in [1.165, 1.54) is 38.6 Å². The Morgan fingerprint density at radius 2 is 1.86 bits per heavy atom. The molecule has 0 N–H and O–H groups in total. The highest BCUT2D eigenvalue weighted by atomic mass is 15.2. The van der Waals surface area contributed by atoms with Gasteiger partial charge in [-0.15, -0.1) is 0 Å². The average molecular weight is 197 g/mol. The van der Waals surface area contributed by atoms with Crippen LogP contribution in [0.4, 0.5) is 0 Å². The van der Waals surface area contributed by atoms with Crippen molar-refractivity contribution >= 4 is 0 Å². The average Bonchev–Trinajstić information content (AvgIpc) is 2.62. The molecule has 1 nitrogen and oxygen atoms in total. The minimum Gasteiger partial charge on any atom is -0.298 e. The lowest BCUT2D eigenvalue weighted by molar-refractivity contribution is 0.174. The molecule has 1 fully saturated rings. The molecule has 1 heteroatoms. The minimum absolute atomic E-state index is 0.747. The zero-order valence-corrected chi connectivity index (χ0v) is 10.4. The topological polar surface area (TPSA) is 3.24 Å². The van der Waals surface area contributed by atoms with Crippen molar-refractivity contribution in [2.45, 2.75) is 71.9 Å². The summed E-state index contributed by atoms with van der Waals surface area (Å²) in [6.45, 7) is 10.7. The molecule has 14 heavy (non-hydrogen) atoms. The van der Waals surface area contributed by atoms with Crippen molar-refractivity contribution in [3.8, 4) is 0 Å². The summed E-state index contributed by atoms with van der Waals surface area (Å²) in [5.41, 5.74) is 0. The summed E-state index contributed by atoms with van der Waals surface area (Å²) >= 11 is 0. The van der Waals surface area contributed by atoms with Crippen LogP contribution in [0.5, 0.6) is 0 Å². The van der Waals surface area contributed by atoms with E-state index in [9.17, 15) is 0 Å². The molecular weight excluding hydrogens is 170 g/mol. The zero-order chi connectivity index (χ0) is 10.6. The fraction of sp³-hybridized carbons (Fsp3) is 1.00. The van der Waals surface area contributed by atoms with Gasteiger partial charge in [0.25, 0.3) is 0 Å². The first-order valence-corrected chi connectivity index (χ1v) is 6.44. The van der Waals surface area contributed by atoms with Crippen LogP contribution in [-0.4, -0.2) is 23.5 Å². The molecule has 1 unspecified atom stereocenters. The molecule has 1 atom stereocenters. The van der Waals surface area contributed by atoms with Crippen LogP contribution < -0.4 is 0 Å². The maximum Gasteiger partial charge on any atom is 0.0101 e. The lowest BCUT2D eigenvalue weighted by Crippen LogP contribution is -2.36. The molecule has 0 aliphatic carbocycles. The molecule has 0 radical (unpaired) electrons. The summed E-state index contributed by atoms with van der Waals surface area (Å²) < 4.78 is 0. The van der Waals surface area contributed by atoms with Crippen molar-refractivity contribution in [3.05, 3.63) is 0 Å².